The minimum Gasteiger partial charge on any atom is -0.373 e. The van der Waals surface area contributed by atoms with Crippen LogP contribution < -0.4 is 5.19 Å². The standard InChI is InChI=1S/C15H25NO3Si/c1-17-20(18-2,15-9-5-3-6-10-15)19-14-13-16-11-7-4-8-12-16/h3,5-6,9-10H,4,7-8,11-14H2,1-2H3. The average molecular weight is 295 g/mol. The van der Waals surface area contributed by atoms with Crippen molar-refractivity contribution in [3.63, 3.8) is 0 Å². The smallest absolute Gasteiger partial charge is 0.373 e. The first-order valence-electron chi connectivity index (χ1n) is 7.33. The van der Waals surface area contributed by atoms with Crippen LogP contribution in [0.2, 0.25) is 0 Å². The summed E-state index contributed by atoms with van der Waals surface area (Å²) in [6.07, 6.45) is 3.96. The molecule has 1 heterocycles. The first kappa shape index (κ1) is 15.7. The van der Waals surface area contributed by atoms with Gasteiger partial charge in [-0.05, 0) is 25.9 Å². The summed E-state index contributed by atoms with van der Waals surface area (Å²) in [7, 11) is 0.610. The highest BCUT2D eigenvalue weighted by atomic mass is 28.4. The minimum absolute atomic E-state index is 0.656. The highest BCUT2D eigenvalue weighted by molar-refractivity contribution is 6.75. The third kappa shape index (κ3) is 3.90. The van der Waals surface area contributed by atoms with Gasteiger partial charge in [0.25, 0.3) is 0 Å². The summed E-state index contributed by atoms with van der Waals surface area (Å²) in [5, 5.41) is 1.02. The lowest BCUT2D eigenvalue weighted by molar-refractivity contribution is 0.0943. The van der Waals surface area contributed by atoms with Crippen molar-refractivity contribution in [1.82, 2.24) is 4.90 Å². The van der Waals surface area contributed by atoms with Crippen LogP contribution >= 0.6 is 0 Å². The Bertz CT molecular complexity index is 378. The van der Waals surface area contributed by atoms with E-state index in [-0.39, 0.29) is 0 Å². The van der Waals surface area contributed by atoms with E-state index in [1.165, 1.54) is 32.4 Å². The Kier molecular flexibility index (Phi) is 6.19. The summed E-state index contributed by atoms with van der Waals surface area (Å²) in [4.78, 5) is 2.46. The second-order valence-electron chi connectivity index (χ2n) is 5.08. The normalized spacial score (nSPS) is 17.3. The fraction of sp³-hybridized carbons (Fsp3) is 0.600. The van der Waals surface area contributed by atoms with E-state index in [0.29, 0.717) is 6.61 Å². The fourth-order valence-corrected chi connectivity index (χ4v) is 4.66. The summed E-state index contributed by atoms with van der Waals surface area (Å²) in [6, 6.07) is 9.99. The molecule has 0 aliphatic carbocycles. The first-order chi connectivity index (χ1) is 9.80. The molecule has 2 rings (SSSR count). The van der Waals surface area contributed by atoms with Crippen molar-refractivity contribution in [2.45, 2.75) is 19.3 Å². The van der Waals surface area contributed by atoms with Crippen LogP contribution in [0, 0.1) is 0 Å². The zero-order valence-corrected chi connectivity index (χ0v) is 13.5. The van der Waals surface area contributed by atoms with Crippen molar-refractivity contribution < 1.29 is 13.3 Å². The molecule has 0 aromatic heterocycles. The van der Waals surface area contributed by atoms with Gasteiger partial charge in [0.05, 0.1) is 6.61 Å². The lowest BCUT2D eigenvalue weighted by atomic mass is 10.1. The average Bonchev–Trinajstić information content (AvgIpc) is 2.54. The molecule has 4 nitrogen and oxygen atoms in total. The highest BCUT2D eigenvalue weighted by Crippen LogP contribution is 2.11. The van der Waals surface area contributed by atoms with E-state index in [2.05, 4.69) is 4.90 Å². The van der Waals surface area contributed by atoms with Crippen LogP contribution in [0.5, 0.6) is 0 Å². The van der Waals surface area contributed by atoms with Gasteiger partial charge in [0.1, 0.15) is 0 Å². The summed E-state index contributed by atoms with van der Waals surface area (Å²) < 4.78 is 17.3. The third-order valence-corrected chi connectivity index (χ3v) is 6.51. The predicted octanol–water partition coefficient (Wildman–Crippen LogP) is 1.63. The third-order valence-electron chi connectivity index (χ3n) is 3.81. The van der Waals surface area contributed by atoms with Gasteiger partial charge in [0, 0.05) is 26.0 Å². The van der Waals surface area contributed by atoms with Crippen molar-refractivity contribution >= 4 is 14.0 Å². The van der Waals surface area contributed by atoms with Gasteiger partial charge >= 0.3 is 8.80 Å². The Morgan fingerprint density at radius 3 is 2.25 bits per heavy atom. The number of hydrogen-bond donors (Lipinski definition) is 0. The van der Waals surface area contributed by atoms with Crippen LogP contribution in [0.4, 0.5) is 0 Å². The van der Waals surface area contributed by atoms with Gasteiger partial charge in [0.15, 0.2) is 0 Å². The second kappa shape index (κ2) is 7.90. The van der Waals surface area contributed by atoms with E-state index in [4.69, 9.17) is 13.3 Å². The summed E-state index contributed by atoms with van der Waals surface area (Å²) in [5.74, 6) is 0. The number of hydrogen-bond acceptors (Lipinski definition) is 4. The van der Waals surface area contributed by atoms with Gasteiger partial charge in [-0.15, -0.1) is 0 Å². The van der Waals surface area contributed by atoms with Crippen molar-refractivity contribution in [3.05, 3.63) is 30.3 Å². The number of nitrogens with zero attached hydrogens (tertiary/aromatic N) is 1. The molecule has 0 amide bonds. The minimum atomic E-state index is -2.73. The largest absolute Gasteiger partial charge is 0.536 e. The first-order valence-corrected chi connectivity index (χ1v) is 9.05. The lowest BCUT2D eigenvalue weighted by Crippen LogP contribution is -2.56. The molecule has 0 atom stereocenters. The monoisotopic (exact) mass is 295 g/mol. The molecule has 1 aliphatic heterocycles. The molecule has 0 saturated carbocycles. The summed E-state index contributed by atoms with van der Waals surface area (Å²) >= 11 is 0. The van der Waals surface area contributed by atoms with Gasteiger partial charge in [-0.2, -0.15) is 0 Å². The molecule has 0 spiro atoms. The summed E-state index contributed by atoms with van der Waals surface area (Å²) in [6.45, 7) is 3.98. The molecule has 0 unspecified atom stereocenters. The van der Waals surface area contributed by atoms with Crippen molar-refractivity contribution in [1.29, 1.82) is 0 Å². The molecule has 1 aromatic rings. The molecule has 0 N–H and O–H groups in total. The number of likely N-dealkylation sites (tertiary alicyclic amines) is 1. The topological polar surface area (TPSA) is 30.9 Å². The molecule has 112 valence electrons. The Labute approximate surface area is 123 Å². The van der Waals surface area contributed by atoms with Crippen LogP contribution in [-0.2, 0) is 13.3 Å². The fourth-order valence-electron chi connectivity index (χ4n) is 2.65. The maximum Gasteiger partial charge on any atom is 0.536 e. The molecule has 1 fully saturated rings. The molecule has 0 bridgehead atoms. The van der Waals surface area contributed by atoms with Crippen molar-refractivity contribution in [3.8, 4) is 0 Å². The van der Waals surface area contributed by atoms with Gasteiger partial charge in [-0.1, -0.05) is 36.8 Å². The molecule has 1 aliphatic rings. The zero-order chi connectivity index (χ0) is 14.3. The van der Waals surface area contributed by atoms with Crippen LogP contribution in [0.25, 0.3) is 0 Å². The molecule has 0 radical (unpaired) electrons. The van der Waals surface area contributed by atoms with Gasteiger partial charge in [0.2, 0.25) is 0 Å². The molecular weight excluding hydrogens is 270 g/mol. The lowest BCUT2D eigenvalue weighted by Gasteiger charge is -2.30. The van der Waals surface area contributed by atoms with Crippen molar-refractivity contribution in [2.75, 3.05) is 40.5 Å². The molecule has 5 heteroatoms. The van der Waals surface area contributed by atoms with Crippen LogP contribution in [0.1, 0.15) is 19.3 Å². The zero-order valence-electron chi connectivity index (χ0n) is 12.5. The molecule has 20 heavy (non-hydrogen) atoms. The second-order valence-corrected chi connectivity index (χ2v) is 7.88. The van der Waals surface area contributed by atoms with E-state index < -0.39 is 8.80 Å². The highest BCUT2D eigenvalue weighted by Gasteiger charge is 2.41. The van der Waals surface area contributed by atoms with Crippen molar-refractivity contribution in [2.24, 2.45) is 0 Å². The van der Waals surface area contributed by atoms with Gasteiger partial charge in [-0.25, -0.2) is 0 Å². The SMILES string of the molecule is CO[Si](OC)(OCCN1CCCCC1)c1ccccc1. The molecule has 1 saturated heterocycles. The molecular formula is C15H25NO3Si. The van der Waals surface area contributed by atoms with E-state index >= 15 is 0 Å². The quantitative estimate of drug-likeness (QED) is 0.716. The number of piperidine rings is 1. The Morgan fingerprint density at radius 2 is 1.65 bits per heavy atom. The van der Waals surface area contributed by atoms with E-state index in [0.717, 1.165) is 11.7 Å². The van der Waals surface area contributed by atoms with E-state index in [1.54, 1.807) is 14.2 Å². The number of rotatable bonds is 7. The van der Waals surface area contributed by atoms with Crippen LogP contribution in [-0.4, -0.2) is 54.2 Å². The maximum atomic E-state index is 6.07. The Balaban J connectivity index is 1.91. The van der Waals surface area contributed by atoms with Crippen LogP contribution in [0.3, 0.4) is 0 Å². The van der Waals surface area contributed by atoms with Crippen LogP contribution in [0.15, 0.2) is 30.3 Å². The predicted molar refractivity (Wildman–Crippen MR) is 82.1 cm³/mol. The van der Waals surface area contributed by atoms with E-state index in [9.17, 15) is 0 Å². The maximum absolute atomic E-state index is 6.07. The summed E-state index contributed by atoms with van der Waals surface area (Å²) in [5.41, 5.74) is 0. The molecule has 1 aromatic carbocycles. The van der Waals surface area contributed by atoms with Gasteiger partial charge < -0.3 is 18.2 Å². The Hall–Kier alpha value is -0.723. The van der Waals surface area contributed by atoms with Gasteiger partial charge in [-0.3, -0.25) is 0 Å². The Morgan fingerprint density at radius 1 is 1.00 bits per heavy atom. The number of benzene rings is 1. The van der Waals surface area contributed by atoms with E-state index in [1.807, 2.05) is 30.3 Å².